The summed E-state index contributed by atoms with van der Waals surface area (Å²) in [6.45, 7) is 3.44. The first-order chi connectivity index (χ1) is 10.0. The van der Waals surface area contributed by atoms with Gasteiger partial charge in [0.1, 0.15) is 0 Å². The fraction of sp³-hybridized carbons (Fsp3) is 0.133. The summed E-state index contributed by atoms with van der Waals surface area (Å²) >= 11 is 1.60. The number of hydrazone groups is 1. The van der Waals surface area contributed by atoms with Crippen molar-refractivity contribution in [3.05, 3.63) is 51.7 Å². The Morgan fingerprint density at radius 3 is 2.43 bits per heavy atom. The highest BCUT2D eigenvalue weighted by Crippen LogP contribution is 2.12. The predicted octanol–water partition coefficient (Wildman–Crippen LogP) is 2.78. The third-order valence-electron chi connectivity index (χ3n) is 2.59. The van der Waals surface area contributed by atoms with Gasteiger partial charge in [-0.15, -0.1) is 11.3 Å². The van der Waals surface area contributed by atoms with Gasteiger partial charge in [-0.2, -0.15) is 5.10 Å². The van der Waals surface area contributed by atoms with Crippen molar-refractivity contribution >= 4 is 35.1 Å². The largest absolute Gasteiger partial charge is 0.326 e. The van der Waals surface area contributed by atoms with Crippen LogP contribution in [0.3, 0.4) is 0 Å². The van der Waals surface area contributed by atoms with Gasteiger partial charge in [0.25, 0.3) is 5.91 Å². The Hall–Kier alpha value is -2.47. The van der Waals surface area contributed by atoms with Crippen LogP contribution in [0.2, 0.25) is 0 Å². The molecule has 1 heterocycles. The summed E-state index contributed by atoms with van der Waals surface area (Å²) in [5.74, 6) is -0.447. The fourth-order valence-electron chi connectivity index (χ4n) is 1.65. The van der Waals surface area contributed by atoms with E-state index in [1.807, 2.05) is 19.1 Å². The zero-order valence-corrected chi connectivity index (χ0v) is 12.5. The number of nitrogens with one attached hydrogen (secondary N) is 2. The molecule has 6 heteroatoms. The quantitative estimate of drug-likeness (QED) is 0.673. The molecule has 0 saturated carbocycles. The SMILES string of the molecule is CC(=O)Nc1ccc(C(=O)N/N=C\c2ccc(C)s2)cc1. The number of rotatable bonds is 4. The molecule has 2 aromatic rings. The first-order valence-corrected chi connectivity index (χ1v) is 7.14. The maximum atomic E-state index is 11.9. The molecule has 2 N–H and O–H groups in total. The van der Waals surface area contributed by atoms with Crippen LogP contribution in [0.5, 0.6) is 0 Å². The molecular weight excluding hydrogens is 286 g/mol. The molecule has 0 unspecified atom stereocenters. The topological polar surface area (TPSA) is 70.6 Å². The van der Waals surface area contributed by atoms with Crippen molar-refractivity contribution in [1.29, 1.82) is 0 Å². The second-order valence-corrected chi connectivity index (χ2v) is 5.73. The average Bonchev–Trinajstić information content (AvgIpc) is 2.84. The molecule has 21 heavy (non-hydrogen) atoms. The molecule has 2 amide bonds. The molecule has 0 bridgehead atoms. The highest BCUT2D eigenvalue weighted by Gasteiger charge is 2.04. The number of hydrogen-bond acceptors (Lipinski definition) is 4. The van der Waals surface area contributed by atoms with Crippen LogP contribution in [0.4, 0.5) is 5.69 Å². The van der Waals surface area contributed by atoms with E-state index in [2.05, 4.69) is 15.8 Å². The monoisotopic (exact) mass is 301 g/mol. The van der Waals surface area contributed by atoms with Crippen LogP contribution in [0.15, 0.2) is 41.5 Å². The molecular formula is C15H15N3O2S. The Balaban J connectivity index is 1.94. The molecule has 0 aliphatic heterocycles. The second kappa shape index (κ2) is 6.81. The standard InChI is InChI=1S/C15H15N3O2S/c1-10-3-8-14(21-10)9-16-18-15(20)12-4-6-13(7-5-12)17-11(2)19/h3-9H,1-2H3,(H,17,19)(H,18,20)/b16-9-. The summed E-state index contributed by atoms with van der Waals surface area (Å²) in [5.41, 5.74) is 3.59. The normalized spacial score (nSPS) is 10.6. The Morgan fingerprint density at radius 2 is 1.86 bits per heavy atom. The zero-order chi connectivity index (χ0) is 15.2. The molecule has 0 aliphatic carbocycles. The lowest BCUT2D eigenvalue weighted by atomic mass is 10.2. The number of carbonyl (C=O) groups is 2. The van der Waals surface area contributed by atoms with E-state index in [4.69, 9.17) is 0 Å². The Morgan fingerprint density at radius 1 is 1.14 bits per heavy atom. The van der Waals surface area contributed by atoms with Gasteiger partial charge in [-0.1, -0.05) is 0 Å². The highest BCUT2D eigenvalue weighted by atomic mass is 32.1. The number of carbonyl (C=O) groups excluding carboxylic acids is 2. The van der Waals surface area contributed by atoms with Crippen LogP contribution in [0, 0.1) is 6.92 Å². The van der Waals surface area contributed by atoms with E-state index in [9.17, 15) is 9.59 Å². The number of benzene rings is 1. The van der Waals surface area contributed by atoms with Gasteiger partial charge in [0.15, 0.2) is 0 Å². The van der Waals surface area contributed by atoms with Gasteiger partial charge in [0, 0.05) is 27.9 Å². The van der Waals surface area contributed by atoms with E-state index in [1.165, 1.54) is 11.8 Å². The Bertz CT molecular complexity index is 674. The minimum atomic E-state index is -0.297. The number of thiophene rings is 1. The number of hydrogen-bond donors (Lipinski definition) is 2. The van der Waals surface area contributed by atoms with Gasteiger partial charge in [0.05, 0.1) is 6.21 Å². The van der Waals surface area contributed by atoms with Crippen molar-refractivity contribution < 1.29 is 9.59 Å². The first-order valence-electron chi connectivity index (χ1n) is 6.32. The predicted molar refractivity (Wildman–Crippen MR) is 84.9 cm³/mol. The van der Waals surface area contributed by atoms with Crippen molar-refractivity contribution in [3.63, 3.8) is 0 Å². The third kappa shape index (κ3) is 4.54. The molecule has 1 aromatic heterocycles. The van der Waals surface area contributed by atoms with E-state index >= 15 is 0 Å². The van der Waals surface area contributed by atoms with Gasteiger partial charge in [-0.05, 0) is 43.3 Å². The van der Waals surface area contributed by atoms with E-state index in [-0.39, 0.29) is 11.8 Å². The van der Waals surface area contributed by atoms with Crippen LogP contribution in [-0.2, 0) is 4.79 Å². The number of aryl methyl sites for hydroxylation is 1. The van der Waals surface area contributed by atoms with Gasteiger partial charge in [-0.25, -0.2) is 5.43 Å². The molecule has 0 saturated heterocycles. The van der Waals surface area contributed by atoms with Crippen LogP contribution in [-0.4, -0.2) is 18.0 Å². The van der Waals surface area contributed by atoms with Gasteiger partial charge >= 0.3 is 0 Å². The molecule has 1 aromatic carbocycles. The fourth-order valence-corrected chi connectivity index (χ4v) is 2.40. The van der Waals surface area contributed by atoms with Gasteiger partial charge < -0.3 is 5.32 Å². The molecule has 5 nitrogen and oxygen atoms in total. The smallest absolute Gasteiger partial charge is 0.271 e. The average molecular weight is 301 g/mol. The lowest BCUT2D eigenvalue weighted by molar-refractivity contribution is -0.114. The van der Waals surface area contributed by atoms with Crippen LogP contribution in [0.25, 0.3) is 0 Å². The summed E-state index contributed by atoms with van der Waals surface area (Å²) < 4.78 is 0. The molecule has 108 valence electrons. The lowest BCUT2D eigenvalue weighted by Crippen LogP contribution is -2.17. The molecule has 0 fully saturated rings. The maximum Gasteiger partial charge on any atom is 0.271 e. The van der Waals surface area contributed by atoms with Gasteiger partial charge in [0.2, 0.25) is 5.91 Å². The highest BCUT2D eigenvalue weighted by molar-refractivity contribution is 7.13. The summed E-state index contributed by atoms with van der Waals surface area (Å²) in [6, 6.07) is 10.5. The number of nitrogens with zero attached hydrogens (tertiary/aromatic N) is 1. The van der Waals surface area contributed by atoms with Gasteiger partial charge in [-0.3, -0.25) is 9.59 Å². The minimum Gasteiger partial charge on any atom is -0.326 e. The van der Waals surface area contributed by atoms with Crippen molar-refractivity contribution in [2.75, 3.05) is 5.32 Å². The molecule has 2 rings (SSSR count). The summed E-state index contributed by atoms with van der Waals surface area (Å²) in [4.78, 5) is 24.9. The number of anilines is 1. The minimum absolute atomic E-state index is 0.150. The van der Waals surface area contributed by atoms with E-state index in [0.29, 0.717) is 11.3 Å². The molecule has 0 aliphatic rings. The maximum absolute atomic E-state index is 11.9. The summed E-state index contributed by atoms with van der Waals surface area (Å²) in [7, 11) is 0. The zero-order valence-electron chi connectivity index (χ0n) is 11.7. The van der Waals surface area contributed by atoms with E-state index < -0.39 is 0 Å². The third-order valence-corrected chi connectivity index (χ3v) is 3.52. The number of amides is 2. The molecule has 0 radical (unpaired) electrons. The van der Waals surface area contributed by atoms with E-state index in [1.54, 1.807) is 41.8 Å². The Kier molecular flexibility index (Phi) is 4.84. The van der Waals surface area contributed by atoms with Crippen LogP contribution in [0.1, 0.15) is 27.0 Å². The molecule has 0 atom stereocenters. The van der Waals surface area contributed by atoms with Crippen LogP contribution >= 0.6 is 11.3 Å². The summed E-state index contributed by atoms with van der Waals surface area (Å²) in [6.07, 6.45) is 1.61. The second-order valence-electron chi connectivity index (χ2n) is 4.41. The summed E-state index contributed by atoms with van der Waals surface area (Å²) in [5, 5.41) is 6.56. The lowest BCUT2D eigenvalue weighted by Gasteiger charge is -2.03. The van der Waals surface area contributed by atoms with Crippen molar-refractivity contribution in [2.45, 2.75) is 13.8 Å². The van der Waals surface area contributed by atoms with E-state index in [0.717, 1.165) is 4.88 Å². The molecule has 0 spiro atoms. The first kappa shape index (κ1) is 14.9. The van der Waals surface area contributed by atoms with Crippen molar-refractivity contribution in [2.24, 2.45) is 5.10 Å². The van der Waals surface area contributed by atoms with Crippen molar-refractivity contribution in [1.82, 2.24) is 5.43 Å². The Labute approximate surface area is 126 Å². The van der Waals surface area contributed by atoms with Crippen molar-refractivity contribution in [3.8, 4) is 0 Å². The van der Waals surface area contributed by atoms with Crippen LogP contribution < -0.4 is 10.7 Å².